The van der Waals surface area contributed by atoms with Crippen LogP contribution in [0.4, 0.5) is 24.8 Å². The van der Waals surface area contributed by atoms with E-state index in [9.17, 15) is 21.6 Å². The molecule has 6 nitrogen and oxygen atoms in total. The molecule has 0 saturated heterocycles. The fourth-order valence-corrected chi connectivity index (χ4v) is 4.12. The van der Waals surface area contributed by atoms with Gasteiger partial charge in [-0.15, -0.1) is 0 Å². The van der Waals surface area contributed by atoms with Crippen LogP contribution >= 0.6 is 0 Å². The maximum absolute atomic E-state index is 14.7. The standard InChI is InChI=1S/C25H20F3N3O3S/c1-35(32,33)15-17-3-2-4-20(11-17)30-25-29-13-22(28)24(31-25)21-10-9-19(27)12-23(21)34-14-16-5-7-18(26)8-6-16/h2-13H,14-15H2,1H3,(H,29,30,31). The van der Waals surface area contributed by atoms with Crippen molar-refractivity contribution in [3.05, 3.63) is 102 Å². The predicted molar refractivity (Wildman–Crippen MR) is 126 cm³/mol. The van der Waals surface area contributed by atoms with E-state index in [2.05, 4.69) is 15.3 Å². The minimum absolute atomic E-state index is 0.00166. The lowest BCUT2D eigenvalue weighted by Crippen LogP contribution is -2.04. The Hall–Kier alpha value is -3.92. The third-order valence-corrected chi connectivity index (χ3v) is 5.72. The van der Waals surface area contributed by atoms with E-state index in [1.807, 2.05) is 0 Å². The summed E-state index contributed by atoms with van der Waals surface area (Å²) in [4.78, 5) is 8.18. The van der Waals surface area contributed by atoms with Crippen molar-refractivity contribution < 1.29 is 26.3 Å². The highest BCUT2D eigenvalue weighted by atomic mass is 32.2. The first-order valence-electron chi connectivity index (χ1n) is 10.4. The van der Waals surface area contributed by atoms with Crippen LogP contribution in [0.5, 0.6) is 5.75 Å². The summed E-state index contributed by atoms with van der Waals surface area (Å²) < 4.78 is 70.7. The number of rotatable bonds is 8. The quantitative estimate of drug-likeness (QED) is 0.348. The Morgan fingerprint density at radius 2 is 1.66 bits per heavy atom. The molecule has 0 fully saturated rings. The molecule has 1 N–H and O–H groups in total. The molecule has 4 aromatic rings. The maximum Gasteiger partial charge on any atom is 0.227 e. The molecular weight excluding hydrogens is 479 g/mol. The van der Waals surface area contributed by atoms with Gasteiger partial charge in [0.25, 0.3) is 0 Å². The fraction of sp³-hybridized carbons (Fsp3) is 0.120. The molecule has 3 aromatic carbocycles. The Morgan fingerprint density at radius 3 is 2.40 bits per heavy atom. The lowest BCUT2D eigenvalue weighted by Gasteiger charge is -2.13. The molecule has 4 rings (SSSR count). The molecule has 1 aromatic heterocycles. The van der Waals surface area contributed by atoms with Gasteiger partial charge < -0.3 is 10.1 Å². The SMILES string of the molecule is CS(=O)(=O)Cc1cccc(Nc2ncc(F)c(-c3ccc(F)cc3OCc3ccc(F)cc3)n2)c1. The first-order valence-corrected chi connectivity index (χ1v) is 12.5. The summed E-state index contributed by atoms with van der Waals surface area (Å²) in [5, 5.41) is 2.93. The molecule has 1 heterocycles. The second-order valence-electron chi connectivity index (χ2n) is 7.84. The van der Waals surface area contributed by atoms with Crippen molar-refractivity contribution in [2.24, 2.45) is 0 Å². The van der Waals surface area contributed by atoms with Crippen molar-refractivity contribution in [1.29, 1.82) is 0 Å². The van der Waals surface area contributed by atoms with Gasteiger partial charge in [-0.05, 0) is 47.5 Å². The van der Waals surface area contributed by atoms with E-state index in [0.29, 0.717) is 16.8 Å². The molecule has 0 unspecified atom stereocenters. The molecule has 0 radical (unpaired) electrons. The summed E-state index contributed by atoms with van der Waals surface area (Å²) in [5.41, 5.74) is 1.79. The molecule has 0 aliphatic heterocycles. The van der Waals surface area contributed by atoms with Crippen LogP contribution in [-0.2, 0) is 22.2 Å². The number of halogens is 3. The number of aromatic nitrogens is 2. The van der Waals surface area contributed by atoms with Gasteiger partial charge in [0, 0.05) is 23.6 Å². The van der Waals surface area contributed by atoms with Crippen LogP contribution in [0.1, 0.15) is 11.1 Å². The van der Waals surface area contributed by atoms with Crippen LogP contribution < -0.4 is 10.1 Å². The number of nitrogens with one attached hydrogen (secondary N) is 1. The second-order valence-corrected chi connectivity index (χ2v) is 9.98. The number of anilines is 2. The van der Waals surface area contributed by atoms with Crippen LogP contribution in [-0.4, -0.2) is 24.6 Å². The zero-order valence-electron chi connectivity index (χ0n) is 18.5. The molecule has 0 aliphatic rings. The first kappa shape index (κ1) is 24.2. The van der Waals surface area contributed by atoms with E-state index in [-0.39, 0.29) is 35.3 Å². The first-order chi connectivity index (χ1) is 16.7. The molecule has 35 heavy (non-hydrogen) atoms. The third-order valence-electron chi connectivity index (χ3n) is 4.86. The van der Waals surface area contributed by atoms with Gasteiger partial charge in [0.05, 0.1) is 11.9 Å². The molecule has 0 bridgehead atoms. The Balaban J connectivity index is 1.61. The third kappa shape index (κ3) is 6.57. The Bertz CT molecular complexity index is 1460. The number of sulfone groups is 1. The molecular formula is C25H20F3N3O3S. The maximum atomic E-state index is 14.7. The van der Waals surface area contributed by atoms with E-state index in [4.69, 9.17) is 4.74 Å². The normalized spacial score (nSPS) is 11.3. The van der Waals surface area contributed by atoms with Gasteiger partial charge in [-0.3, -0.25) is 0 Å². The zero-order valence-corrected chi connectivity index (χ0v) is 19.3. The molecule has 0 amide bonds. The van der Waals surface area contributed by atoms with Gasteiger partial charge in [-0.1, -0.05) is 24.3 Å². The van der Waals surface area contributed by atoms with E-state index in [1.165, 1.54) is 30.3 Å². The number of hydrogen-bond donors (Lipinski definition) is 1. The van der Waals surface area contributed by atoms with Crippen LogP contribution in [0.25, 0.3) is 11.3 Å². The summed E-state index contributed by atoms with van der Waals surface area (Å²) in [6.45, 7) is 0.00166. The van der Waals surface area contributed by atoms with E-state index in [1.54, 1.807) is 24.3 Å². The van der Waals surface area contributed by atoms with E-state index < -0.39 is 27.3 Å². The predicted octanol–water partition coefficient (Wildman–Crippen LogP) is 5.43. The van der Waals surface area contributed by atoms with Crippen LogP contribution in [0.2, 0.25) is 0 Å². The van der Waals surface area contributed by atoms with Gasteiger partial charge in [0.2, 0.25) is 5.95 Å². The second kappa shape index (κ2) is 10.1. The monoisotopic (exact) mass is 499 g/mol. The van der Waals surface area contributed by atoms with Crippen molar-refractivity contribution >= 4 is 21.5 Å². The molecule has 0 saturated carbocycles. The summed E-state index contributed by atoms with van der Waals surface area (Å²) in [7, 11) is -3.22. The van der Waals surface area contributed by atoms with Gasteiger partial charge >= 0.3 is 0 Å². The van der Waals surface area contributed by atoms with Gasteiger partial charge in [-0.25, -0.2) is 31.6 Å². The highest BCUT2D eigenvalue weighted by molar-refractivity contribution is 7.89. The molecule has 0 atom stereocenters. The minimum atomic E-state index is -3.22. The van der Waals surface area contributed by atoms with Crippen LogP contribution in [0.3, 0.4) is 0 Å². The molecule has 10 heteroatoms. The van der Waals surface area contributed by atoms with Crippen LogP contribution in [0, 0.1) is 17.5 Å². The molecule has 0 spiro atoms. The topological polar surface area (TPSA) is 81.2 Å². The van der Waals surface area contributed by atoms with Crippen LogP contribution in [0.15, 0.2) is 72.9 Å². The summed E-state index contributed by atoms with van der Waals surface area (Å²) in [5.74, 6) is -1.77. The smallest absolute Gasteiger partial charge is 0.227 e. The number of hydrogen-bond acceptors (Lipinski definition) is 6. The highest BCUT2D eigenvalue weighted by Crippen LogP contribution is 2.32. The zero-order chi connectivity index (χ0) is 25.0. The van der Waals surface area contributed by atoms with Crippen molar-refractivity contribution in [1.82, 2.24) is 9.97 Å². The summed E-state index contributed by atoms with van der Waals surface area (Å²) in [6, 6.07) is 15.9. The average molecular weight is 500 g/mol. The Labute approximate surface area is 200 Å². The van der Waals surface area contributed by atoms with Crippen molar-refractivity contribution in [2.45, 2.75) is 12.4 Å². The van der Waals surface area contributed by atoms with Gasteiger partial charge in [0.15, 0.2) is 15.7 Å². The minimum Gasteiger partial charge on any atom is -0.488 e. The number of nitrogens with zero attached hydrogens (tertiary/aromatic N) is 2. The van der Waals surface area contributed by atoms with Crippen molar-refractivity contribution in [3.8, 4) is 17.0 Å². The van der Waals surface area contributed by atoms with E-state index >= 15 is 0 Å². The van der Waals surface area contributed by atoms with Gasteiger partial charge in [-0.2, -0.15) is 0 Å². The Kier molecular flexibility index (Phi) is 7.02. The summed E-state index contributed by atoms with van der Waals surface area (Å²) >= 11 is 0. The van der Waals surface area contributed by atoms with E-state index in [0.717, 1.165) is 24.6 Å². The van der Waals surface area contributed by atoms with Gasteiger partial charge in [0.1, 0.15) is 29.7 Å². The number of ether oxygens (including phenoxy) is 1. The summed E-state index contributed by atoms with van der Waals surface area (Å²) in [6.07, 6.45) is 2.11. The van der Waals surface area contributed by atoms with Crippen molar-refractivity contribution in [3.63, 3.8) is 0 Å². The fourth-order valence-electron chi connectivity index (χ4n) is 3.34. The lowest BCUT2D eigenvalue weighted by molar-refractivity contribution is 0.305. The number of benzene rings is 3. The molecule has 180 valence electrons. The highest BCUT2D eigenvalue weighted by Gasteiger charge is 2.16. The Morgan fingerprint density at radius 1 is 0.914 bits per heavy atom. The average Bonchev–Trinajstić information content (AvgIpc) is 2.79. The van der Waals surface area contributed by atoms with Crippen molar-refractivity contribution in [2.75, 3.05) is 11.6 Å². The molecule has 0 aliphatic carbocycles. The lowest BCUT2D eigenvalue weighted by atomic mass is 10.1. The largest absolute Gasteiger partial charge is 0.488 e.